The Morgan fingerprint density at radius 1 is 1.28 bits per heavy atom. The van der Waals surface area contributed by atoms with Gasteiger partial charge in [0, 0.05) is 25.4 Å². The molecule has 0 aromatic rings. The number of hydrogen-bond acceptors (Lipinski definition) is 5. The van der Waals surface area contributed by atoms with Gasteiger partial charge in [0.05, 0.1) is 0 Å². The minimum absolute atomic E-state index is 0.235. The lowest BCUT2D eigenvalue weighted by atomic mass is 10.1. The lowest BCUT2D eigenvalue weighted by Gasteiger charge is -2.26. The zero-order valence-corrected chi connectivity index (χ0v) is 11.1. The van der Waals surface area contributed by atoms with Crippen LogP contribution in [0.5, 0.6) is 0 Å². The van der Waals surface area contributed by atoms with Gasteiger partial charge < -0.3 is 24.6 Å². The third-order valence-corrected chi connectivity index (χ3v) is 4.07. The number of rotatable bonds is 3. The summed E-state index contributed by atoms with van der Waals surface area (Å²) in [4.78, 5) is 0. The smallest absolute Gasteiger partial charge is 0.190 e. The molecule has 0 bridgehead atoms. The van der Waals surface area contributed by atoms with Crippen molar-refractivity contribution in [2.24, 2.45) is 0 Å². The van der Waals surface area contributed by atoms with Crippen molar-refractivity contribution in [2.45, 2.75) is 76.0 Å². The molecule has 104 valence electrons. The molecular weight excluding hydrogens is 234 g/mol. The third-order valence-electron chi connectivity index (χ3n) is 4.07. The minimum Gasteiger partial charge on any atom is -0.387 e. The van der Waals surface area contributed by atoms with Crippen LogP contribution in [0.1, 0.15) is 39.5 Å². The number of ether oxygens (including phenoxy) is 3. The fourth-order valence-corrected chi connectivity index (χ4v) is 3.08. The molecule has 4 atom stereocenters. The van der Waals surface area contributed by atoms with E-state index >= 15 is 0 Å². The third kappa shape index (κ3) is 2.18. The van der Waals surface area contributed by atoms with Gasteiger partial charge >= 0.3 is 0 Å². The first-order valence-electron chi connectivity index (χ1n) is 7.02. The molecule has 5 nitrogen and oxygen atoms in total. The summed E-state index contributed by atoms with van der Waals surface area (Å²) in [6, 6.07) is 0.379. The number of hydrogen-bond donors (Lipinski definition) is 2. The van der Waals surface area contributed by atoms with E-state index in [4.69, 9.17) is 14.2 Å². The summed E-state index contributed by atoms with van der Waals surface area (Å²) in [7, 11) is 0. The van der Waals surface area contributed by atoms with Crippen LogP contribution in [0.25, 0.3) is 0 Å². The quantitative estimate of drug-likeness (QED) is 0.781. The summed E-state index contributed by atoms with van der Waals surface area (Å²) in [6.45, 7) is 4.77. The number of fused-ring (bicyclic) bond motifs is 1. The standard InChI is InChI=1S/C13H23NO4/c1-8(2)14-7-9-10(15)11-12(16-9)18-13(17-11)5-3-4-6-13/h8-12,14-15H,3-7H2,1-2H3/t9-,10+,11-,12+/m1/s1. The normalized spacial score (nSPS) is 42.0. The second kappa shape index (κ2) is 4.72. The Hall–Kier alpha value is -0.200. The molecule has 0 aromatic heterocycles. The first-order chi connectivity index (χ1) is 8.60. The van der Waals surface area contributed by atoms with E-state index in [1.54, 1.807) is 0 Å². The first kappa shape index (κ1) is 12.8. The van der Waals surface area contributed by atoms with Crippen LogP contribution in [0.4, 0.5) is 0 Å². The first-order valence-corrected chi connectivity index (χ1v) is 7.02. The molecule has 3 aliphatic rings. The van der Waals surface area contributed by atoms with E-state index in [1.807, 2.05) is 0 Å². The highest BCUT2D eigenvalue weighted by Crippen LogP contribution is 2.45. The van der Waals surface area contributed by atoms with Gasteiger partial charge in [0.15, 0.2) is 12.1 Å². The van der Waals surface area contributed by atoms with Crippen LogP contribution in [0, 0.1) is 0 Å². The van der Waals surface area contributed by atoms with Gasteiger partial charge in [-0.15, -0.1) is 0 Å². The molecule has 2 aliphatic heterocycles. The Kier molecular flexibility index (Phi) is 3.36. The Bertz CT molecular complexity index is 303. The van der Waals surface area contributed by atoms with Crippen molar-refractivity contribution in [2.75, 3.05) is 6.54 Å². The van der Waals surface area contributed by atoms with Crippen LogP contribution in [0.15, 0.2) is 0 Å². The van der Waals surface area contributed by atoms with Crippen LogP contribution >= 0.6 is 0 Å². The number of nitrogens with one attached hydrogen (secondary N) is 1. The average Bonchev–Trinajstić information content (AvgIpc) is 2.97. The molecule has 18 heavy (non-hydrogen) atoms. The summed E-state index contributed by atoms with van der Waals surface area (Å²) in [5, 5.41) is 13.5. The summed E-state index contributed by atoms with van der Waals surface area (Å²) >= 11 is 0. The van der Waals surface area contributed by atoms with Crippen molar-refractivity contribution in [3.8, 4) is 0 Å². The molecule has 5 heteroatoms. The number of aliphatic hydroxyl groups is 1. The van der Waals surface area contributed by atoms with Crippen LogP contribution in [-0.2, 0) is 14.2 Å². The molecule has 0 amide bonds. The largest absolute Gasteiger partial charge is 0.387 e. The summed E-state index contributed by atoms with van der Waals surface area (Å²) < 4.78 is 17.6. The lowest BCUT2D eigenvalue weighted by molar-refractivity contribution is -0.229. The van der Waals surface area contributed by atoms with Crippen molar-refractivity contribution >= 4 is 0 Å². The van der Waals surface area contributed by atoms with Gasteiger partial charge in [-0.1, -0.05) is 13.8 Å². The van der Waals surface area contributed by atoms with Gasteiger partial charge in [-0.05, 0) is 12.8 Å². The summed E-state index contributed by atoms with van der Waals surface area (Å²) in [5.74, 6) is -0.466. The minimum atomic E-state index is -0.596. The second-order valence-electron chi connectivity index (χ2n) is 5.91. The van der Waals surface area contributed by atoms with Gasteiger partial charge in [-0.2, -0.15) is 0 Å². The SMILES string of the molecule is CC(C)NC[C@H]1O[C@H]2OC3(CCCC3)O[C@@H]2[C@H]1O. The Labute approximate surface area is 108 Å². The number of aliphatic hydroxyl groups excluding tert-OH is 1. The topological polar surface area (TPSA) is 60.0 Å². The Balaban J connectivity index is 1.59. The van der Waals surface area contributed by atoms with Crippen LogP contribution < -0.4 is 5.32 Å². The van der Waals surface area contributed by atoms with Gasteiger partial charge in [0.1, 0.15) is 18.3 Å². The van der Waals surface area contributed by atoms with Gasteiger partial charge in [0.25, 0.3) is 0 Å². The van der Waals surface area contributed by atoms with E-state index in [9.17, 15) is 5.11 Å². The highest BCUT2D eigenvalue weighted by Gasteiger charge is 2.57. The molecule has 3 fully saturated rings. The highest BCUT2D eigenvalue weighted by atomic mass is 16.8. The van der Waals surface area contributed by atoms with Crippen LogP contribution in [-0.4, -0.2) is 48.1 Å². The zero-order valence-electron chi connectivity index (χ0n) is 11.1. The van der Waals surface area contributed by atoms with Crippen molar-refractivity contribution in [1.82, 2.24) is 5.32 Å². The molecule has 0 radical (unpaired) electrons. The molecular formula is C13H23NO4. The lowest BCUT2D eigenvalue weighted by Crippen LogP contribution is -2.42. The molecule has 3 rings (SSSR count). The fraction of sp³-hybridized carbons (Fsp3) is 1.00. The maximum absolute atomic E-state index is 10.2. The van der Waals surface area contributed by atoms with Crippen molar-refractivity contribution in [3.05, 3.63) is 0 Å². The molecule has 0 unspecified atom stereocenters. The predicted octanol–water partition coefficient (Wildman–Crippen LogP) is 0.756. The maximum Gasteiger partial charge on any atom is 0.190 e. The molecule has 1 spiro atoms. The van der Waals surface area contributed by atoms with E-state index in [2.05, 4.69) is 19.2 Å². The maximum atomic E-state index is 10.2. The van der Waals surface area contributed by atoms with Crippen LogP contribution in [0.3, 0.4) is 0 Å². The van der Waals surface area contributed by atoms with E-state index in [0.29, 0.717) is 12.6 Å². The van der Waals surface area contributed by atoms with E-state index in [-0.39, 0.29) is 12.2 Å². The van der Waals surface area contributed by atoms with E-state index < -0.39 is 18.2 Å². The van der Waals surface area contributed by atoms with E-state index in [1.165, 1.54) is 0 Å². The Morgan fingerprint density at radius 3 is 2.61 bits per heavy atom. The Morgan fingerprint density at radius 2 is 2.00 bits per heavy atom. The van der Waals surface area contributed by atoms with Crippen molar-refractivity contribution < 1.29 is 19.3 Å². The van der Waals surface area contributed by atoms with E-state index in [0.717, 1.165) is 25.7 Å². The van der Waals surface area contributed by atoms with Crippen molar-refractivity contribution in [3.63, 3.8) is 0 Å². The summed E-state index contributed by atoms with van der Waals surface area (Å²) in [5.41, 5.74) is 0. The van der Waals surface area contributed by atoms with Crippen molar-refractivity contribution in [1.29, 1.82) is 0 Å². The van der Waals surface area contributed by atoms with Gasteiger partial charge in [-0.3, -0.25) is 0 Å². The average molecular weight is 257 g/mol. The monoisotopic (exact) mass is 257 g/mol. The molecule has 2 heterocycles. The second-order valence-corrected chi connectivity index (χ2v) is 5.91. The van der Waals surface area contributed by atoms with Gasteiger partial charge in [0.2, 0.25) is 0 Å². The van der Waals surface area contributed by atoms with Crippen LogP contribution in [0.2, 0.25) is 0 Å². The fourth-order valence-electron chi connectivity index (χ4n) is 3.08. The highest BCUT2D eigenvalue weighted by molar-refractivity contribution is 4.97. The molecule has 2 N–H and O–H groups in total. The molecule has 1 aliphatic carbocycles. The zero-order chi connectivity index (χ0) is 12.8. The molecule has 0 aromatic carbocycles. The molecule has 1 saturated carbocycles. The summed E-state index contributed by atoms with van der Waals surface area (Å²) in [6.07, 6.45) is 2.57. The van der Waals surface area contributed by atoms with Gasteiger partial charge in [-0.25, -0.2) is 0 Å². The molecule has 2 saturated heterocycles. The predicted molar refractivity (Wildman–Crippen MR) is 65.0 cm³/mol.